The van der Waals surface area contributed by atoms with Gasteiger partial charge in [0.1, 0.15) is 0 Å². The Balaban J connectivity index is 2.09. The van der Waals surface area contributed by atoms with Gasteiger partial charge in [-0.25, -0.2) is 4.79 Å². The molecule has 0 aliphatic rings. The molecule has 0 aliphatic heterocycles. The molecule has 2 rings (SSSR count). The zero-order valence-corrected chi connectivity index (χ0v) is 16.5. The van der Waals surface area contributed by atoms with Crippen molar-refractivity contribution in [3.8, 4) is 0 Å². The molecule has 0 heterocycles. The van der Waals surface area contributed by atoms with Gasteiger partial charge in [-0.05, 0) is 36.8 Å². The lowest BCUT2D eigenvalue weighted by Gasteiger charge is -2.26. The number of benzene rings is 2. The molecule has 0 bridgehead atoms. The Hall–Kier alpha value is -1.66. The lowest BCUT2D eigenvalue weighted by atomic mass is 10.1. The van der Waals surface area contributed by atoms with Crippen molar-refractivity contribution in [2.24, 2.45) is 0 Å². The van der Waals surface area contributed by atoms with Crippen LogP contribution in [0.5, 0.6) is 0 Å². The summed E-state index contributed by atoms with van der Waals surface area (Å²) in [5.74, 6) is -0.484. The van der Waals surface area contributed by atoms with E-state index in [1.54, 1.807) is 55.5 Å². The number of halogens is 4. The number of nitrogens with one attached hydrogen (secondary N) is 3. The summed E-state index contributed by atoms with van der Waals surface area (Å²) in [6.45, 7) is 1.78. The first kappa shape index (κ1) is 20.6. The predicted molar refractivity (Wildman–Crippen MR) is 106 cm³/mol. The van der Waals surface area contributed by atoms with E-state index in [1.807, 2.05) is 0 Å². The summed E-state index contributed by atoms with van der Waals surface area (Å²) in [5, 5.41) is 7.93. The maximum absolute atomic E-state index is 12.4. The second-order valence-corrected chi connectivity index (χ2v) is 8.18. The van der Waals surface area contributed by atoms with Gasteiger partial charge in [0.2, 0.25) is 3.79 Å². The summed E-state index contributed by atoms with van der Waals surface area (Å²) in [6.07, 6.45) is -1.27. The van der Waals surface area contributed by atoms with Crippen LogP contribution >= 0.6 is 46.4 Å². The van der Waals surface area contributed by atoms with Crippen molar-refractivity contribution < 1.29 is 9.59 Å². The number of urea groups is 1. The predicted octanol–water partition coefficient (Wildman–Crippen LogP) is 4.90. The average Bonchev–Trinajstić information content (AvgIpc) is 2.53. The summed E-state index contributed by atoms with van der Waals surface area (Å²) in [5.41, 5.74) is 1.60. The van der Waals surface area contributed by atoms with Gasteiger partial charge in [-0.2, -0.15) is 0 Å². The highest BCUT2D eigenvalue weighted by atomic mass is 35.6. The Morgan fingerprint density at radius 3 is 2.31 bits per heavy atom. The Morgan fingerprint density at radius 1 is 1.00 bits per heavy atom. The second-order valence-electron chi connectivity index (χ2n) is 5.37. The molecule has 2 aromatic carbocycles. The summed E-state index contributed by atoms with van der Waals surface area (Å²) in [7, 11) is 0. The minimum atomic E-state index is -1.97. The van der Waals surface area contributed by atoms with Gasteiger partial charge >= 0.3 is 6.03 Å². The molecular formula is C17H15Cl4N3O2. The van der Waals surface area contributed by atoms with Crippen LogP contribution in [0.1, 0.15) is 15.9 Å². The van der Waals surface area contributed by atoms with Crippen LogP contribution in [0, 0.1) is 6.92 Å². The highest BCUT2D eigenvalue weighted by molar-refractivity contribution is 6.68. The maximum atomic E-state index is 12.4. The molecule has 3 amide bonds. The first-order valence-electron chi connectivity index (χ1n) is 7.43. The van der Waals surface area contributed by atoms with Gasteiger partial charge < -0.3 is 16.0 Å². The molecular weight excluding hydrogens is 420 g/mol. The number of carbonyl (C=O) groups is 2. The fraction of sp³-hybridized carbons (Fsp3) is 0.176. The van der Waals surface area contributed by atoms with Gasteiger partial charge in [0.15, 0.2) is 6.17 Å². The summed E-state index contributed by atoms with van der Waals surface area (Å²) >= 11 is 23.6. The van der Waals surface area contributed by atoms with Crippen LogP contribution in [0.3, 0.4) is 0 Å². The van der Waals surface area contributed by atoms with E-state index in [1.165, 1.54) is 0 Å². The molecule has 138 valence electrons. The van der Waals surface area contributed by atoms with E-state index < -0.39 is 21.9 Å². The molecule has 9 heteroatoms. The largest absolute Gasteiger partial charge is 0.328 e. The van der Waals surface area contributed by atoms with Crippen molar-refractivity contribution in [1.29, 1.82) is 0 Å². The van der Waals surface area contributed by atoms with Crippen LogP contribution in [-0.4, -0.2) is 21.9 Å². The number of aryl methyl sites for hydroxylation is 1. The molecule has 0 saturated heterocycles. The molecule has 0 radical (unpaired) electrons. The maximum Gasteiger partial charge on any atom is 0.320 e. The van der Waals surface area contributed by atoms with Crippen LogP contribution in [0.2, 0.25) is 5.02 Å². The molecule has 1 atom stereocenters. The van der Waals surface area contributed by atoms with Gasteiger partial charge in [0.05, 0.1) is 0 Å². The standard InChI is InChI=1S/C17H15Cl4N3O2/c1-10-5-2-3-8-13(10)14(25)23-15(17(19,20)21)24-16(26)22-12-7-4-6-11(18)9-12/h2-9,15H,1H3,(H,23,25)(H2,22,24,26)/t15-/m1/s1. The smallest absolute Gasteiger partial charge is 0.320 e. The van der Waals surface area contributed by atoms with Crippen LogP contribution in [0.15, 0.2) is 48.5 Å². The van der Waals surface area contributed by atoms with Crippen molar-refractivity contribution in [3.05, 3.63) is 64.7 Å². The third kappa shape index (κ3) is 5.95. The van der Waals surface area contributed by atoms with E-state index in [2.05, 4.69) is 16.0 Å². The summed E-state index contributed by atoms with van der Waals surface area (Å²) in [4.78, 5) is 24.6. The van der Waals surface area contributed by atoms with Crippen LogP contribution in [0.4, 0.5) is 10.5 Å². The summed E-state index contributed by atoms with van der Waals surface area (Å²) in [6, 6.07) is 12.8. The lowest BCUT2D eigenvalue weighted by molar-refractivity contribution is 0.0932. The average molecular weight is 435 g/mol. The molecule has 0 saturated carbocycles. The van der Waals surface area contributed by atoms with Crippen molar-refractivity contribution in [2.75, 3.05) is 5.32 Å². The lowest BCUT2D eigenvalue weighted by Crippen LogP contribution is -2.56. The van der Waals surface area contributed by atoms with E-state index in [-0.39, 0.29) is 0 Å². The van der Waals surface area contributed by atoms with Gasteiger partial charge in [0, 0.05) is 16.3 Å². The number of anilines is 1. The molecule has 5 nitrogen and oxygen atoms in total. The molecule has 2 aromatic rings. The van der Waals surface area contributed by atoms with E-state index >= 15 is 0 Å². The number of rotatable bonds is 4. The van der Waals surface area contributed by atoms with Crippen LogP contribution < -0.4 is 16.0 Å². The quantitative estimate of drug-likeness (QED) is 0.473. The van der Waals surface area contributed by atoms with Gasteiger partial charge in [-0.3, -0.25) is 4.79 Å². The molecule has 0 unspecified atom stereocenters. The fourth-order valence-electron chi connectivity index (χ4n) is 2.10. The molecule has 0 aromatic heterocycles. The minimum absolute atomic E-state index is 0.406. The first-order chi connectivity index (χ1) is 12.2. The normalized spacial score (nSPS) is 12.2. The molecule has 0 spiro atoms. The highest BCUT2D eigenvalue weighted by Gasteiger charge is 2.35. The fourth-order valence-corrected chi connectivity index (χ4v) is 2.62. The SMILES string of the molecule is Cc1ccccc1C(=O)N[C@H](NC(=O)Nc1cccc(Cl)c1)C(Cl)(Cl)Cl. The van der Waals surface area contributed by atoms with E-state index in [4.69, 9.17) is 46.4 Å². The molecule has 26 heavy (non-hydrogen) atoms. The second kappa shape index (κ2) is 8.82. The molecule has 0 fully saturated rings. The Morgan fingerprint density at radius 2 is 1.69 bits per heavy atom. The molecule has 0 aliphatic carbocycles. The van der Waals surface area contributed by atoms with Gasteiger partial charge in [-0.1, -0.05) is 70.7 Å². The number of alkyl halides is 3. The van der Waals surface area contributed by atoms with Crippen molar-refractivity contribution in [2.45, 2.75) is 16.9 Å². The monoisotopic (exact) mass is 433 g/mol. The van der Waals surface area contributed by atoms with E-state index in [0.29, 0.717) is 16.3 Å². The minimum Gasteiger partial charge on any atom is -0.328 e. The van der Waals surface area contributed by atoms with Crippen LogP contribution in [0.25, 0.3) is 0 Å². The topological polar surface area (TPSA) is 70.2 Å². The first-order valence-corrected chi connectivity index (χ1v) is 8.94. The van der Waals surface area contributed by atoms with Crippen molar-refractivity contribution in [3.63, 3.8) is 0 Å². The summed E-state index contributed by atoms with van der Waals surface area (Å²) < 4.78 is -1.97. The van der Waals surface area contributed by atoms with Gasteiger partial charge in [0.25, 0.3) is 5.91 Å². The number of amides is 3. The van der Waals surface area contributed by atoms with Gasteiger partial charge in [-0.15, -0.1) is 0 Å². The van der Waals surface area contributed by atoms with Crippen LogP contribution in [-0.2, 0) is 0 Å². The number of hydrogen-bond donors (Lipinski definition) is 3. The third-order valence-electron chi connectivity index (χ3n) is 3.35. The van der Waals surface area contributed by atoms with E-state index in [0.717, 1.165) is 5.56 Å². The Labute approximate surface area is 170 Å². The zero-order valence-electron chi connectivity index (χ0n) is 13.5. The van der Waals surface area contributed by atoms with E-state index in [9.17, 15) is 9.59 Å². The Kier molecular flexibility index (Phi) is 7.01. The third-order valence-corrected chi connectivity index (χ3v) is 4.24. The Bertz CT molecular complexity index is 809. The molecule has 3 N–H and O–H groups in total. The van der Waals surface area contributed by atoms with Crippen molar-refractivity contribution >= 4 is 64.0 Å². The zero-order chi connectivity index (χ0) is 19.3. The highest BCUT2D eigenvalue weighted by Crippen LogP contribution is 2.29. The van der Waals surface area contributed by atoms with Crippen molar-refractivity contribution in [1.82, 2.24) is 10.6 Å². The number of carbonyl (C=O) groups excluding carboxylic acids is 2. The number of hydrogen-bond acceptors (Lipinski definition) is 2.